The first-order chi connectivity index (χ1) is 16.7. The second kappa shape index (κ2) is 10.1. The zero-order valence-electron chi connectivity index (χ0n) is 18.4. The van der Waals surface area contributed by atoms with Gasteiger partial charge in [-0.15, -0.1) is 13.2 Å². The van der Waals surface area contributed by atoms with Crippen LogP contribution in [-0.2, 0) is 14.3 Å². The molecule has 4 N–H and O–H groups in total. The summed E-state index contributed by atoms with van der Waals surface area (Å²) < 4.78 is 69.3. The van der Waals surface area contributed by atoms with Crippen LogP contribution >= 0.6 is 0 Å². The van der Waals surface area contributed by atoms with E-state index in [0.717, 1.165) is 12.1 Å². The minimum absolute atomic E-state index is 0.0195. The van der Waals surface area contributed by atoms with Crippen LogP contribution in [0.4, 0.5) is 18.9 Å². The minimum atomic E-state index is -5.07. The molecule has 13 heteroatoms. The van der Waals surface area contributed by atoms with Crippen LogP contribution in [0.15, 0.2) is 66.7 Å². The number of hydrogen-bond donors (Lipinski definition) is 3. The van der Waals surface area contributed by atoms with Crippen LogP contribution in [0.25, 0.3) is 11.1 Å². The van der Waals surface area contributed by atoms with E-state index < -0.39 is 39.7 Å². The molecule has 3 aromatic carbocycles. The number of rotatable bonds is 7. The Morgan fingerprint density at radius 1 is 0.944 bits per heavy atom. The molecule has 36 heavy (non-hydrogen) atoms. The summed E-state index contributed by atoms with van der Waals surface area (Å²) in [6.07, 6.45) is -4.48. The Kier molecular flexibility index (Phi) is 7.34. The molecule has 0 radical (unpaired) electrons. The monoisotopic (exact) mass is 521 g/mol. The van der Waals surface area contributed by atoms with E-state index in [0.29, 0.717) is 23.6 Å². The number of ether oxygens (including phenoxy) is 1. The Hall–Kier alpha value is -4.39. The van der Waals surface area contributed by atoms with Crippen molar-refractivity contribution in [3.8, 4) is 16.9 Å². The summed E-state index contributed by atoms with van der Waals surface area (Å²) in [5, 5.41) is 10.0. The topological polar surface area (TPSA) is 149 Å². The second-order valence-corrected chi connectivity index (χ2v) is 8.90. The number of hydrogen-bond acceptors (Lipinski definition) is 7. The Labute approximate surface area is 203 Å². The molecule has 188 valence electrons. The normalized spacial score (nSPS) is 11.4. The number of nitrogens with two attached hydrogens (primary N) is 1. The number of amidine groups is 1. The number of carbonyl (C=O) groups is 2. The minimum Gasteiger partial charge on any atom is -0.406 e. The number of anilines is 1. The molecule has 0 bridgehead atoms. The van der Waals surface area contributed by atoms with Gasteiger partial charge >= 0.3 is 22.4 Å². The van der Waals surface area contributed by atoms with E-state index >= 15 is 0 Å². The maximum atomic E-state index is 13.0. The van der Waals surface area contributed by atoms with E-state index in [1.807, 2.05) is 0 Å². The lowest BCUT2D eigenvalue weighted by Crippen LogP contribution is -2.18. The summed E-state index contributed by atoms with van der Waals surface area (Å²) in [7, 11) is -4.31. The summed E-state index contributed by atoms with van der Waals surface area (Å²) >= 11 is 0. The summed E-state index contributed by atoms with van der Waals surface area (Å²) in [6, 6.07) is 14.6. The second-order valence-electron chi connectivity index (χ2n) is 7.32. The van der Waals surface area contributed by atoms with Crippen LogP contribution in [0.5, 0.6) is 5.75 Å². The maximum absolute atomic E-state index is 13.0. The quantitative estimate of drug-likeness (QED) is 0.243. The zero-order valence-corrected chi connectivity index (χ0v) is 19.2. The molecule has 0 aliphatic carbocycles. The highest BCUT2D eigenvalue weighted by molar-refractivity contribution is 7.86. The first-order valence-corrected chi connectivity index (χ1v) is 11.7. The highest BCUT2D eigenvalue weighted by Gasteiger charge is 2.32. The van der Waals surface area contributed by atoms with Crippen LogP contribution < -0.4 is 15.8 Å². The lowest BCUT2D eigenvalue weighted by atomic mass is 9.94. The van der Waals surface area contributed by atoms with Crippen LogP contribution in [0.3, 0.4) is 0 Å². The number of benzene rings is 3. The molecule has 0 saturated heterocycles. The predicted octanol–water partition coefficient (Wildman–Crippen LogP) is 3.90. The molecule has 0 saturated carbocycles. The molecule has 0 aliphatic heterocycles. The van der Waals surface area contributed by atoms with E-state index in [9.17, 15) is 31.2 Å². The molecule has 0 aromatic heterocycles. The number of halogens is 3. The van der Waals surface area contributed by atoms with E-state index in [2.05, 4.69) is 14.2 Å². The van der Waals surface area contributed by atoms with Crippen molar-refractivity contribution in [3.63, 3.8) is 0 Å². The third-order valence-electron chi connectivity index (χ3n) is 4.59. The van der Waals surface area contributed by atoms with Gasteiger partial charge in [-0.05, 0) is 59.7 Å². The van der Waals surface area contributed by atoms with Crippen LogP contribution in [0, 0.1) is 5.41 Å². The maximum Gasteiger partial charge on any atom is 0.573 e. The molecule has 0 spiro atoms. The van der Waals surface area contributed by atoms with Crippen molar-refractivity contribution in [1.82, 2.24) is 0 Å². The fourth-order valence-electron chi connectivity index (χ4n) is 3.15. The largest absolute Gasteiger partial charge is 0.573 e. The zero-order chi connectivity index (χ0) is 26.7. The van der Waals surface area contributed by atoms with Crippen molar-refractivity contribution < 1.29 is 40.1 Å². The Morgan fingerprint density at radius 3 is 2.14 bits per heavy atom. The first kappa shape index (κ1) is 26.2. The number of carbonyl (C=O) groups excluding carboxylic acids is 2. The SMILES string of the molecule is CS(=O)(=O)OC(=O)c1cc(OC(F)(F)F)ccc1-c1ccccc1C(=O)Nc1ccc(C(=N)N)cc1. The molecule has 0 aliphatic rings. The van der Waals surface area contributed by atoms with Gasteiger partial charge in [0, 0.05) is 16.8 Å². The lowest BCUT2D eigenvalue weighted by Gasteiger charge is -2.15. The van der Waals surface area contributed by atoms with Gasteiger partial charge < -0.3 is 20.0 Å². The lowest BCUT2D eigenvalue weighted by molar-refractivity contribution is -0.274. The van der Waals surface area contributed by atoms with Gasteiger partial charge in [-0.1, -0.05) is 18.2 Å². The van der Waals surface area contributed by atoms with Gasteiger partial charge in [0.1, 0.15) is 11.6 Å². The molecule has 3 aromatic rings. The Balaban J connectivity index is 2.05. The molecular weight excluding hydrogens is 503 g/mol. The molecule has 0 heterocycles. The van der Waals surface area contributed by atoms with Crippen molar-refractivity contribution in [3.05, 3.63) is 83.4 Å². The number of amides is 1. The van der Waals surface area contributed by atoms with E-state index in [-0.39, 0.29) is 22.5 Å². The van der Waals surface area contributed by atoms with Crippen LogP contribution in [-0.4, -0.2) is 38.7 Å². The third-order valence-corrected chi connectivity index (χ3v) is 5.04. The van der Waals surface area contributed by atoms with Gasteiger partial charge in [0.15, 0.2) is 0 Å². The van der Waals surface area contributed by atoms with Gasteiger partial charge in [-0.2, -0.15) is 8.42 Å². The van der Waals surface area contributed by atoms with Gasteiger partial charge in [0.2, 0.25) is 0 Å². The summed E-state index contributed by atoms with van der Waals surface area (Å²) in [6.45, 7) is 0. The van der Waals surface area contributed by atoms with Gasteiger partial charge in [-0.25, -0.2) is 4.79 Å². The average Bonchev–Trinajstić information content (AvgIpc) is 2.77. The van der Waals surface area contributed by atoms with Crippen molar-refractivity contribution >= 4 is 33.5 Å². The van der Waals surface area contributed by atoms with Gasteiger partial charge in [0.05, 0.1) is 11.8 Å². The average molecular weight is 521 g/mol. The third kappa shape index (κ3) is 6.82. The van der Waals surface area contributed by atoms with E-state index in [1.54, 1.807) is 0 Å². The Bertz CT molecular complexity index is 1440. The fourth-order valence-corrected chi connectivity index (χ4v) is 3.52. The Morgan fingerprint density at radius 2 is 1.56 bits per heavy atom. The smallest absolute Gasteiger partial charge is 0.406 e. The highest BCUT2D eigenvalue weighted by Crippen LogP contribution is 2.33. The van der Waals surface area contributed by atoms with E-state index in [1.165, 1.54) is 48.5 Å². The molecule has 1 amide bonds. The summed E-state index contributed by atoms with van der Waals surface area (Å²) in [5.41, 5.74) is 5.67. The van der Waals surface area contributed by atoms with Gasteiger partial charge in [0.25, 0.3) is 5.91 Å². The predicted molar refractivity (Wildman–Crippen MR) is 124 cm³/mol. The van der Waals surface area contributed by atoms with E-state index in [4.69, 9.17) is 11.1 Å². The fraction of sp³-hybridized carbons (Fsp3) is 0.0870. The van der Waals surface area contributed by atoms with Crippen molar-refractivity contribution in [1.29, 1.82) is 5.41 Å². The summed E-state index contributed by atoms with van der Waals surface area (Å²) in [5.74, 6) is -3.06. The standard InChI is InChI=1S/C23H18F3N3O6S/c1-36(32,33)35-22(31)19-12-15(34-23(24,25)26)10-11-17(19)16-4-2-3-5-18(16)21(30)29-14-8-6-13(7-9-14)20(27)28/h2-12H,1H3,(H3,27,28)(H,29,30). The molecule has 0 fully saturated rings. The number of nitrogens with one attached hydrogen (secondary N) is 2. The molecule has 0 atom stereocenters. The molecule has 9 nitrogen and oxygen atoms in total. The number of alkyl halides is 3. The first-order valence-electron chi connectivity index (χ1n) is 9.92. The summed E-state index contributed by atoms with van der Waals surface area (Å²) in [4.78, 5) is 25.6. The van der Waals surface area contributed by atoms with Crippen molar-refractivity contribution in [2.24, 2.45) is 5.73 Å². The molecule has 0 unspecified atom stereocenters. The van der Waals surface area contributed by atoms with Crippen molar-refractivity contribution in [2.45, 2.75) is 6.36 Å². The molecular formula is C23H18F3N3O6S. The number of nitrogen functional groups attached to an aromatic ring is 1. The molecule has 3 rings (SSSR count). The van der Waals surface area contributed by atoms with Gasteiger partial charge in [-0.3, -0.25) is 10.2 Å². The van der Waals surface area contributed by atoms with Crippen LogP contribution in [0.2, 0.25) is 0 Å². The highest BCUT2D eigenvalue weighted by atomic mass is 32.2. The van der Waals surface area contributed by atoms with Crippen molar-refractivity contribution in [2.75, 3.05) is 11.6 Å². The van der Waals surface area contributed by atoms with Crippen LogP contribution in [0.1, 0.15) is 26.3 Å².